The molecule has 0 atom stereocenters. The van der Waals surface area contributed by atoms with Gasteiger partial charge in [0.05, 0.1) is 27.0 Å². The zero-order valence-electron chi connectivity index (χ0n) is 21.8. The molecule has 2 aromatic carbocycles. The number of carbonyl (C=O) groups is 1. The molecule has 0 radical (unpaired) electrons. The van der Waals surface area contributed by atoms with Crippen LogP contribution in [0.25, 0.3) is 33.5 Å². The first kappa shape index (κ1) is 26.8. The second kappa shape index (κ2) is 10.2. The molecule has 0 amide bonds. The van der Waals surface area contributed by atoms with Gasteiger partial charge >= 0.3 is 0 Å². The largest absolute Gasteiger partial charge is 0.369 e. The predicted molar refractivity (Wildman–Crippen MR) is 149 cm³/mol. The number of nitrogens with one attached hydrogen (secondary N) is 1. The van der Waals surface area contributed by atoms with Crippen LogP contribution in [0.2, 0.25) is 25.7 Å². The molecule has 2 heterocycles. The second-order valence-corrected chi connectivity index (χ2v) is 18.6. The van der Waals surface area contributed by atoms with Crippen molar-refractivity contribution in [1.29, 1.82) is 0 Å². The highest BCUT2D eigenvalue weighted by Crippen LogP contribution is 2.37. The van der Waals surface area contributed by atoms with Crippen LogP contribution in [0.5, 0.6) is 0 Å². The van der Waals surface area contributed by atoms with Gasteiger partial charge < -0.3 is 15.5 Å². The van der Waals surface area contributed by atoms with Crippen LogP contribution in [0.3, 0.4) is 0 Å². The summed E-state index contributed by atoms with van der Waals surface area (Å²) in [5.41, 5.74) is 9.13. The van der Waals surface area contributed by atoms with Gasteiger partial charge in [-0.3, -0.25) is 9.36 Å². The van der Waals surface area contributed by atoms with Gasteiger partial charge in [0.1, 0.15) is 12.2 Å². The molecule has 3 N–H and O–H groups in total. The first-order chi connectivity index (χ1) is 17.4. The van der Waals surface area contributed by atoms with E-state index in [4.69, 9.17) is 10.5 Å². The number of hydrogen-bond acceptors (Lipinski definition) is 7. The minimum atomic E-state index is -3.70. The Hall–Kier alpha value is -3.28. The van der Waals surface area contributed by atoms with Gasteiger partial charge in [-0.05, 0) is 32.0 Å². The number of carbonyl (C=O) groups excluding carboxylic acids is 1. The Morgan fingerprint density at radius 2 is 1.81 bits per heavy atom. The smallest absolute Gasteiger partial charge is 0.198 e. The van der Waals surface area contributed by atoms with Crippen LogP contribution in [-0.2, 0) is 21.3 Å². The van der Waals surface area contributed by atoms with E-state index in [1.165, 1.54) is 0 Å². The maximum absolute atomic E-state index is 13.3. The quantitative estimate of drug-likeness (QED) is 0.165. The fourth-order valence-electron chi connectivity index (χ4n) is 4.03. The number of aromatic nitrogens is 4. The van der Waals surface area contributed by atoms with Gasteiger partial charge in [0.2, 0.25) is 0 Å². The lowest BCUT2D eigenvalue weighted by Gasteiger charge is -2.17. The molecular formula is C26H33N5O4SSi. The van der Waals surface area contributed by atoms with Crippen LogP contribution in [-0.4, -0.2) is 54.2 Å². The van der Waals surface area contributed by atoms with Gasteiger partial charge in [0.25, 0.3) is 0 Å². The summed E-state index contributed by atoms with van der Waals surface area (Å²) in [5, 5.41) is -0.666. The fourth-order valence-corrected chi connectivity index (χ4v) is 6.01. The van der Waals surface area contributed by atoms with Crippen LogP contribution in [0.4, 0.5) is 5.95 Å². The van der Waals surface area contributed by atoms with E-state index in [1.807, 2.05) is 30.3 Å². The van der Waals surface area contributed by atoms with Gasteiger partial charge in [0, 0.05) is 25.8 Å². The highest BCUT2D eigenvalue weighted by molar-refractivity contribution is 7.92. The van der Waals surface area contributed by atoms with Gasteiger partial charge in [0.15, 0.2) is 27.9 Å². The zero-order chi connectivity index (χ0) is 27.0. The number of benzene rings is 2. The molecule has 0 unspecified atom stereocenters. The lowest BCUT2D eigenvalue weighted by atomic mass is 10.0. The number of anilines is 1. The Kier molecular flexibility index (Phi) is 7.40. The molecular weight excluding hydrogens is 506 g/mol. The van der Waals surface area contributed by atoms with Gasteiger partial charge in [-0.25, -0.2) is 18.4 Å². The topological polar surface area (TPSA) is 133 Å². The van der Waals surface area contributed by atoms with Crippen LogP contribution in [0.1, 0.15) is 24.5 Å². The maximum Gasteiger partial charge on any atom is 0.198 e. The number of rotatable bonds is 10. The number of aldehydes is 1. The molecule has 0 aliphatic carbocycles. The second-order valence-electron chi connectivity index (χ2n) is 10.5. The lowest BCUT2D eigenvalue weighted by Crippen LogP contribution is -2.22. The molecule has 4 rings (SSSR count). The van der Waals surface area contributed by atoms with Gasteiger partial charge in [-0.15, -0.1) is 0 Å². The summed E-state index contributed by atoms with van der Waals surface area (Å²) in [6.07, 6.45) is 0.691. The molecule has 196 valence electrons. The van der Waals surface area contributed by atoms with Crippen LogP contribution < -0.4 is 5.73 Å². The minimum absolute atomic E-state index is 0.0653. The number of nitrogens with zero attached hydrogens (tertiary/aromatic N) is 3. The summed E-state index contributed by atoms with van der Waals surface area (Å²) in [5.74, 6) is 0.310. The Balaban J connectivity index is 1.93. The first-order valence-electron chi connectivity index (χ1n) is 12.1. The highest BCUT2D eigenvalue weighted by atomic mass is 32.2. The summed E-state index contributed by atoms with van der Waals surface area (Å²) in [6, 6.07) is 13.9. The molecule has 0 aliphatic heterocycles. The van der Waals surface area contributed by atoms with E-state index in [2.05, 4.69) is 34.6 Å². The molecule has 11 heteroatoms. The van der Waals surface area contributed by atoms with Crippen molar-refractivity contribution < 1.29 is 17.9 Å². The Morgan fingerprint density at radius 3 is 2.43 bits per heavy atom. The van der Waals surface area contributed by atoms with Crippen molar-refractivity contribution in [2.75, 3.05) is 12.3 Å². The summed E-state index contributed by atoms with van der Waals surface area (Å²) >= 11 is 0. The summed E-state index contributed by atoms with van der Waals surface area (Å²) in [6.45, 7) is 10.8. The summed E-state index contributed by atoms with van der Waals surface area (Å²) in [4.78, 5) is 24.0. The van der Waals surface area contributed by atoms with Crippen LogP contribution >= 0.6 is 0 Å². The third-order valence-electron chi connectivity index (χ3n) is 6.14. The standard InChI is InChI=1S/C26H33N5O4SSi/c1-17(2)36(33,34)21-14-19(13-20-24(21)30-26(27)28-20)23-25(18-9-7-6-8-10-18)31(22(15-32)29-23)16-35-11-12-37(3,4)5/h6-10,13-15,17H,11-12,16H2,1-5H3,(H3,27,28,30). The van der Waals surface area contributed by atoms with E-state index in [9.17, 15) is 13.2 Å². The van der Waals surface area contributed by atoms with E-state index in [-0.39, 0.29) is 28.9 Å². The number of imidazole rings is 2. The zero-order valence-corrected chi connectivity index (χ0v) is 23.6. The number of ether oxygens (including phenoxy) is 1. The maximum atomic E-state index is 13.3. The minimum Gasteiger partial charge on any atom is -0.369 e. The summed E-state index contributed by atoms with van der Waals surface area (Å²) < 4.78 is 34.3. The number of fused-ring (bicyclic) bond motifs is 1. The molecule has 37 heavy (non-hydrogen) atoms. The monoisotopic (exact) mass is 539 g/mol. The van der Waals surface area contributed by atoms with Crippen molar-refractivity contribution >= 4 is 41.2 Å². The number of nitrogen functional groups attached to an aromatic ring is 1. The molecule has 0 bridgehead atoms. The molecule has 9 nitrogen and oxygen atoms in total. The molecule has 4 aromatic rings. The van der Waals surface area contributed by atoms with Crippen molar-refractivity contribution in [3.63, 3.8) is 0 Å². The van der Waals surface area contributed by atoms with Crippen molar-refractivity contribution in [3.05, 3.63) is 48.3 Å². The number of sulfone groups is 1. The molecule has 0 saturated carbocycles. The van der Waals surface area contributed by atoms with Gasteiger partial charge in [-0.1, -0.05) is 50.0 Å². The number of H-pyrrole nitrogens is 1. The van der Waals surface area contributed by atoms with Crippen molar-refractivity contribution in [2.45, 2.75) is 56.4 Å². The third-order valence-corrected chi connectivity index (χ3v) is 10.0. The third kappa shape index (κ3) is 5.53. The fraction of sp³-hybridized carbons (Fsp3) is 0.346. The normalized spacial score (nSPS) is 12.5. The Bertz CT molecular complexity index is 1540. The Morgan fingerprint density at radius 1 is 1.11 bits per heavy atom. The van der Waals surface area contributed by atoms with E-state index >= 15 is 0 Å². The van der Waals surface area contributed by atoms with E-state index < -0.39 is 23.2 Å². The first-order valence-corrected chi connectivity index (χ1v) is 17.4. The average Bonchev–Trinajstić information content (AvgIpc) is 3.40. The lowest BCUT2D eigenvalue weighted by molar-refractivity contribution is 0.0841. The molecule has 0 aliphatic rings. The number of nitrogens with two attached hydrogens (primary N) is 1. The van der Waals surface area contributed by atoms with Crippen molar-refractivity contribution in [3.8, 4) is 22.5 Å². The van der Waals surface area contributed by atoms with Gasteiger partial charge in [-0.2, -0.15) is 0 Å². The van der Waals surface area contributed by atoms with Crippen LogP contribution in [0.15, 0.2) is 47.4 Å². The van der Waals surface area contributed by atoms with E-state index in [1.54, 1.807) is 30.5 Å². The number of aromatic amines is 1. The average molecular weight is 540 g/mol. The predicted octanol–water partition coefficient (Wildman–Crippen LogP) is 4.98. The molecule has 0 saturated heterocycles. The summed E-state index contributed by atoms with van der Waals surface area (Å²) in [7, 11) is -5.00. The number of hydrogen-bond donors (Lipinski definition) is 2. The molecule has 2 aromatic heterocycles. The van der Waals surface area contributed by atoms with E-state index in [0.29, 0.717) is 35.4 Å². The van der Waals surface area contributed by atoms with Crippen LogP contribution in [0, 0.1) is 0 Å². The molecule has 0 fully saturated rings. The van der Waals surface area contributed by atoms with E-state index in [0.717, 1.165) is 11.6 Å². The van der Waals surface area contributed by atoms with Crippen molar-refractivity contribution in [1.82, 2.24) is 19.5 Å². The van der Waals surface area contributed by atoms with Crippen molar-refractivity contribution in [2.24, 2.45) is 0 Å². The Labute approximate surface area is 218 Å². The molecule has 0 spiro atoms. The SMILES string of the molecule is CC(C)S(=O)(=O)c1cc(-c2nc(C=O)n(COCC[Si](C)(C)C)c2-c2ccccc2)cc2[nH]c(N)nc12. The highest BCUT2D eigenvalue weighted by Gasteiger charge is 2.27.